The van der Waals surface area contributed by atoms with Gasteiger partial charge in [-0.1, -0.05) is 47.0 Å². The molecule has 2 rings (SSSR count). The molecule has 0 bridgehead atoms. The van der Waals surface area contributed by atoms with Gasteiger partial charge in [0.2, 0.25) is 10.0 Å². The summed E-state index contributed by atoms with van der Waals surface area (Å²) in [6.07, 6.45) is 0. The average molecular weight is 344 g/mol. The van der Waals surface area contributed by atoms with E-state index in [1.54, 1.807) is 49.4 Å². The van der Waals surface area contributed by atoms with Crippen LogP contribution in [0.1, 0.15) is 24.1 Å². The molecule has 0 fully saturated rings. The van der Waals surface area contributed by atoms with Crippen molar-refractivity contribution in [2.24, 2.45) is 0 Å². The molecule has 0 aliphatic rings. The predicted molar refractivity (Wildman–Crippen MR) is 86.4 cm³/mol. The molecule has 0 saturated carbocycles. The lowest BCUT2D eigenvalue weighted by atomic mass is 10.1. The van der Waals surface area contributed by atoms with Crippen molar-refractivity contribution in [3.63, 3.8) is 0 Å². The first-order valence-corrected chi connectivity index (χ1v) is 8.57. The number of halogens is 2. The molecule has 0 radical (unpaired) electrons. The molecule has 0 saturated heterocycles. The first-order valence-electron chi connectivity index (χ1n) is 6.33. The minimum atomic E-state index is -3.59. The van der Waals surface area contributed by atoms with E-state index in [0.717, 1.165) is 5.56 Å². The van der Waals surface area contributed by atoms with E-state index in [0.29, 0.717) is 15.6 Å². The molecule has 0 aromatic heterocycles. The highest BCUT2D eigenvalue weighted by molar-refractivity contribution is 7.89. The molecule has 0 amide bonds. The molecule has 2 aromatic carbocycles. The molecule has 3 nitrogen and oxygen atoms in total. The highest BCUT2D eigenvalue weighted by Crippen LogP contribution is 2.27. The first kappa shape index (κ1) is 16.3. The van der Waals surface area contributed by atoms with Crippen molar-refractivity contribution < 1.29 is 8.42 Å². The molecule has 1 N–H and O–H groups in total. The van der Waals surface area contributed by atoms with Crippen molar-refractivity contribution in [2.75, 3.05) is 0 Å². The maximum absolute atomic E-state index is 12.3. The summed E-state index contributed by atoms with van der Waals surface area (Å²) in [4.78, 5) is 0.227. The SMILES string of the molecule is Cc1ccc(S(=O)(=O)N[C@H](C)c2ccc(Cl)cc2Cl)cc1. The maximum Gasteiger partial charge on any atom is 0.241 e. The maximum atomic E-state index is 12.3. The normalized spacial score (nSPS) is 13.1. The summed E-state index contributed by atoms with van der Waals surface area (Å²) in [5.74, 6) is 0. The fourth-order valence-corrected chi connectivity index (χ4v) is 3.73. The van der Waals surface area contributed by atoms with E-state index in [9.17, 15) is 8.42 Å². The number of benzene rings is 2. The molecule has 0 spiro atoms. The Labute approximate surface area is 135 Å². The van der Waals surface area contributed by atoms with Crippen LogP contribution in [0.25, 0.3) is 0 Å². The summed E-state index contributed by atoms with van der Waals surface area (Å²) in [7, 11) is -3.59. The van der Waals surface area contributed by atoms with E-state index in [-0.39, 0.29) is 4.90 Å². The van der Waals surface area contributed by atoms with Gasteiger partial charge in [-0.05, 0) is 43.7 Å². The van der Waals surface area contributed by atoms with Crippen LogP contribution in [-0.4, -0.2) is 8.42 Å². The highest BCUT2D eigenvalue weighted by atomic mass is 35.5. The number of rotatable bonds is 4. The van der Waals surface area contributed by atoms with Gasteiger partial charge in [-0.3, -0.25) is 0 Å². The molecular weight excluding hydrogens is 329 g/mol. The van der Waals surface area contributed by atoms with Crippen molar-refractivity contribution in [1.29, 1.82) is 0 Å². The van der Waals surface area contributed by atoms with Gasteiger partial charge in [0.1, 0.15) is 0 Å². The van der Waals surface area contributed by atoms with Crippen LogP contribution in [0.5, 0.6) is 0 Å². The van der Waals surface area contributed by atoms with Gasteiger partial charge < -0.3 is 0 Å². The molecule has 2 aromatic rings. The smallest absolute Gasteiger partial charge is 0.207 e. The zero-order chi connectivity index (χ0) is 15.6. The van der Waals surface area contributed by atoms with Crippen molar-refractivity contribution in [2.45, 2.75) is 24.8 Å². The van der Waals surface area contributed by atoms with Gasteiger partial charge in [-0.25, -0.2) is 13.1 Å². The lowest BCUT2D eigenvalue weighted by Crippen LogP contribution is -2.27. The van der Waals surface area contributed by atoms with E-state index in [4.69, 9.17) is 23.2 Å². The third-order valence-electron chi connectivity index (χ3n) is 3.09. The lowest BCUT2D eigenvalue weighted by molar-refractivity contribution is 0.567. The van der Waals surface area contributed by atoms with E-state index in [1.165, 1.54) is 0 Å². The molecule has 112 valence electrons. The Morgan fingerprint density at radius 3 is 2.24 bits per heavy atom. The van der Waals surface area contributed by atoms with Gasteiger partial charge in [0.25, 0.3) is 0 Å². The van der Waals surface area contributed by atoms with E-state index < -0.39 is 16.1 Å². The second kappa shape index (κ2) is 6.36. The Kier molecular flexibility index (Phi) is 4.94. The number of aryl methyl sites for hydroxylation is 1. The van der Waals surface area contributed by atoms with Crippen LogP contribution in [0.15, 0.2) is 47.4 Å². The molecule has 6 heteroatoms. The van der Waals surface area contributed by atoms with E-state index >= 15 is 0 Å². The Hall–Kier alpha value is -1.07. The third kappa shape index (κ3) is 3.98. The van der Waals surface area contributed by atoms with Gasteiger partial charge in [-0.15, -0.1) is 0 Å². The van der Waals surface area contributed by atoms with Gasteiger partial charge in [0, 0.05) is 16.1 Å². The Bertz CT molecular complexity index is 743. The van der Waals surface area contributed by atoms with Gasteiger partial charge in [-0.2, -0.15) is 0 Å². The van der Waals surface area contributed by atoms with Crippen molar-refractivity contribution in [1.82, 2.24) is 4.72 Å². The summed E-state index contributed by atoms with van der Waals surface area (Å²) in [6, 6.07) is 11.2. The van der Waals surface area contributed by atoms with Crippen LogP contribution in [0.3, 0.4) is 0 Å². The Morgan fingerprint density at radius 1 is 1.05 bits per heavy atom. The number of hydrogen-bond acceptors (Lipinski definition) is 2. The molecule has 21 heavy (non-hydrogen) atoms. The average Bonchev–Trinajstić information content (AvgIpc) is 2.38. The number of hydrogen-bond donors (Lipinski definition) is 1. The van der Waals surface area contributed by atoms with Gasteiger partial charge >= 0.3 is 0 Å². The van der Waals surface area contributed by atoms with Crippen LogP contribution >= 0.6 is 23.2 Å². The standard InChI is InChI=1S/C15H15Cl2NO2S/c1-10-3-6-13(7-4-10)21(19,20)18-11(2)14-8-5-12(16)9-15(14)17/h3-9,11,18H,1-2H3/t11-/m1/s1. The molecule has 0 aliphatic carbocycles. The molecule has 0 unspecified atom stereocenters. The summed E-state index contributed by atoms with van der Waals surface area (Å²) in [5.41, 5.74) is 1.68. The second-order valence-corrected chi connectivity index (χ2v) is 7.38. The summed E-state index contributed by atoms with van der Waals surface area (Å²) in [5, 5.41) is 0.943. The van der Waals surface area contributed by atoms with Crippen LogP contribution in [0.2, 0.25) is 10.0 Å². The van der Waals surface area contributed by atoms with E-state index in [1.807, 2.05) is 6.92 Å². The molecular formula is C15H15Cl2NO2S. The molecule has 1 atom stereocenters. The summed E-state index contributed by atoms with van der Waals surface area (Å²) in [6.45, 7) is 3.64. The van der Waals surface area contributed by atoms with E-state index in [2.05, 4.69) is 4.72 Å². The summed E-state index contributed by atoms with van der Waals surface area (Å²) >= 11 is 11.9. The van der Waals surface area contributed by atoms with Crippen LogP contribution in [0.4, 0.5) is 0 Å². The minimum absolute atomic E-state index is 0.227. The van der Waals surface area contributed by atoms with Crippen LogP contribution in [-0.2, 0) is 10.0 Å². The van der Waals surface area contributed by atoms with Crippen LogP contribution in [0, 0.1) is 6.92 Å². The number of nitrogens with one attached hydrogen (secondary N) is 1. The zero-order valence-corrected chi connectivity index (χ0v) is 13.9. The quantitative estimate of drug-likeness (QED) is 0.897. The number of sulfonamides is 1. The van der Waals surface area contributed by atoms with Gasteiger partial charge in [0.15, 0.2) is 0 Å². The molecule has 0 heterocycles. The highest BCUT2D eigenvalue weighted by Gasteiger charge is 2.19. The van der Waals surface area contributed by atoms with Gasteiger partial charge in [0.05, 0.1) is 4.90 Å². The Morgan fingerprint density at radius 2 is 1.67 bits per heavy atom. The minimum Gasteiger partial charge on any atom is -0.207 e. The first-order chi connectivity index (χ1) is 9.79. The Balaban J connectivity index is 2.25. The predicted octanol–water partition coefficient (Wildman–Crippen LogP) is 4.34. The monoisotopic (exact) mass is 343 g/mol. The fraction of sp³-hybridized carbons (Fsp3) is 0.200. The van der Waals surface area contributed by atoms with Crippen molar-refractivity contribution in [3.05, 3.63) is 63.6 Å². The summed E-state index contributed by atoms with van der Waals surface area (Å²) < 4.78 is 27.3. The molecule has 0 aliphatic heterocycles. The lowest BCUT2D eigenvalue weighted by Gasteiger charge is -2.16. The van der Waals surface area contributed by atoms with Crippen LogP contribution < -0.4 is 4.72 Å². The topological polar surface area (TPSA) is 46.2 Å². The fourth-order valence-electron chi connectivity index (χ4n) is 1.93. The zero-order valence-electron chi connectivity index (χ0n) is 11.6. The van der Waals surface area contributed by atoms with Crippen molar-refractivity contribution in [3.8, 4) is 0 Å². The largest absolute Gasteiger partial charge is 0.241 e. The second-order valence-electron chi connectivity index (χ2n) is 4.82. The third-order valence-corrected chi connectivity index (χ3v) is 5.21. The van der Waals surface area contributed by atoms with Crippen molar-refractivity contribution >= 4 is 33.2 Å².